The number of carbonyl (C=O) groups excluding carboxylic acids is 1. The van der Waals surface area contributed by atoms with Crippen molar-refractivity contribution >= 4 is 16.7 Å². The molecule has 2 heterocycles. The molecule has 0 spiro atoms. The Morgan fingerprint density at radius 3 is 2.83 bits per heavy atom. The Morgan fingerprint density at radius 2 is 2.17 bits per heavy atom. The molecule has 0 saturated heterocycles. The van der Waals surface area contributed by atoms with Gasteiger partial charge in [-0.1, -0.05) is 12.1 Å². The topological polar surface area (TPSA) is 59.3 Å². The molecule has 18 heavy (non-hydrogen) atoms. The number of aromatic hydroxyl groups is 1. The summed E-state index contributed by atoms with van der Waals surface area (Å²) in [6.07, 6.45) is 0.757. The number of hydrogen-bond donors (Lipinski definition) is 1. The number of ketones is 1. The molecule has 92 valence electrons. The molecular weight excluding hydrogens is 230 g/mol. The number of hydrogen-bond acceptors (Lipinski definition) is 3. The molecule has 3 rings (SSSR count). The normalized spacial score (nSPS) is 17.3. The quantitative estimate of drug-likeness (QED) is 0.779. The Morgan fingerprint density at radius 1 is 1.44 bits per heavy atom. The maximum atomic E-state index is 12.3. The van der Waals surface area contributed by atoms with E-state index in [1.165, 1.54) is 6.92 Å². The van der Waals surface area contributed by atoms with Gasteiger partial charge in [-0.2, -0.15) is 0 Å². The van der Waals surface area contributed by atoms with Crippen LogP contribution in [0.2, 0.25) is 0 Å². The van der Waals surface area contributed by atoms with Crippen molar-refractivity contribution in [3.8, 4) is 5.75 Å². The third kappa shape index (κ3) is 1.20. The Hall–Kier alpha value is -2.10. The number of nitrogens with zero attached hydrogens (tertiary/aromatic N) is 1. The maximum absolute atomic E-state index is 12.3. The highest BCUT2D eigenvalue weighted by Crippen LogP contribution is 2.35. The largest absolute Gasteiger partial charge is 0.506 e. The van der Waals surface area contributed by atoms with Gasteiger partial charge in [0, 0.05) is 11.4 Å². The second kappa shape index (κ2) is 3.45. The summed E-state index contributed by atoms with van der Waals surface area (Å²) in [5, 5.41) is 10.7. The van der Waals surface area contributed by atoms with Crippen LogP contribution in [0.25, 0.3) is 10.9 Å². The predicted molar refractivity (Wildman–Crippen MR) is 68.3 cm³/mol. The van der Waals surface area contributed by atoms with Gasteiger partial charge in [-0.05, 0) is 31.9 Å². The first kappa shape index (κ1) is 11.0. The van der Waals surface area contributed by atoms with E-state index in [9.17, 15) is 14.7 Å². The third-order valence-corrected chi connectivity index (χ3v) is 3.59. The van der Waals surface area contributed by atoms with E-state index in [0.29, 0.717) is 5.39 Å². The molecule has 4 heteroatoms. The molecule has 2 aromatic rings. The van der Waals surface area contributed by atoms with E-state index in [-0.39, 0.29) is 22.9 Å². The molecule has 1 aliphatic rings. The summed E-state index contributed by atoms with van der Waals surface area (Å²) < 4.78 is 1.63. The van der Waals surface area contributed by atoms with Crippen molar-refractivity contribution < 1.29 is 9.90 Å². The van der Waals surface area contributed by atoms with Gasteiger partial charge >= 0.3 is 0 Å². The summed E-state index contributed by atoms with van der Waals surface area (Å²) in [4.78, 5) is 23.9. The van der Waals surface area contributed by atoms with Gasteiger partial charge in [0.05, 0.1) is 5.52 Å². The van der Waals surface area contributed by atoms with Gasteiger partial charge in [0.25, 0.3) is 5.56 Å². The lowest BCUT2D eigenvalue weighted by Crippen LogP contribution is -2.26. The summed E-state index contributed by atoms with van der Waals surface area (Å²) in [5.41, 5.74) is 1.32. The molecule has 1 aromatic carbocycles. The fourth-order valence-electron chi connectivity index (χ4n) is 2.84. The molecule has 1 aliphatic heterocycles. The van der Waals surface area contributed by atoms with Crippen molar-refractivity contribution in [1.29, 1.82) is 0 Å². The van der Waals surface area contributed by atoms with Gasteiger partial charge in [-0.15, -0.1) is 0 Å². The van der Waals surface area contributed by atoms with Crippen LogP contribution in [0.15, 0.2) is 23.0 Å². The number of para-hydroxylation sites is 1. The lowest BCUT2D eigenvalue weighted by molar-refractivity contribution is 0.101. The first-order valence-corrected chi connectivity index (χ1v) is 5.92. The molecule has 4 nitrogen and oxygen atoms in total. The monoisotopic (exact) mass is 243 g/mol. The van der Waals surface area contributed by atoms with Crippen molar-refractivity contribution in [2.75, 3.05) is 0 Å². The molecule has 0 amide bonds. The van der Waals surface area contributed by atoms with E-state index in [0.717, 1.165) is 17.5 Å². The van der Waals surface area contributed by atoms with E-state index in [2.05, 4.69) is 0 Å². The van der Waals surface area contributed by atoms with Gasteiger partial charge in [0.2, 0.25) is 0 Å². The van der Waals surface area contributed by atoms with Crippen molar-refractivity contribution in [2.24, 2.45) is 0 Å². The number of pyridine rings is 1. The van der Waals surface area contributed by atoms with Crippen molar-refractivity contribution in [3.05, 3.63) is 39.7 Å². The second-order valence-electron chi connectivity index (χ2n) is 4.82. The standard InChI is InChI=1S/C14H13NO3/c1-7-6-9-4-3-5-10-12(9)15(7)14(18)11(8(2)16)13(10)17/h3-5,7,17H,6H2,1-2H3/t7-/m0/s1. The van der Waals surface area contributed by atoms with E-state index < -0.39 is 5.78 Å². The van der Waals surface area contributed by atoms with E-state index in [1.54, 1.807) is 10.6 Å². The van der Waals surface area contributed by atoms with Crippen LogP contribution >= 0.6 is 0 Å². The smallest absolute Gasteiger partial charge is 0.265 e. The number of benzene rings is 1. The van der Waals surface area contributed by atoms with Crippen molar-refractivity contribution in [3.63, 3.8) is 0 Å². The van der Waals surface area contributed by atoms with Gasteiger partial charge < -0.3 is 9.67 Å². The Labute approximate surface area is 103 Å². The summed E-state index contributed by atoms with van der Waals surface area (Å²) in [7, 11) is 0. The molecule has 1 N–H and O–H groups in total. The lowest BCUT2D eigenvalue weighted by Gasteiger charge is -2.12. The minimum Gasteiger partial charge on any atom is -0.506 e. The minimum atomic E-state index is -0.396. The molecule has 0 radical (unpaired) electrons. The Bertz CT molecular complexity index is 743. The Balaban J connectivity index is 2.60. The molecule has 0 bridgehead atoms. The van der Waals surface area contributed by atoms with Crippen LogP contribution in [0.5, 0.6) is 5.75 Å². The first-order valence-electron chi connectivity index (χ1n) is 5.92. The van der Waals surface area contributed by atoms with Crippen molar-refractivity contribution in [2.45, 2.75) is 26.3 Å². The zero-order valence-corrected chi connectivity index (χ0v) is 10.2. The third-order valence-electron chi connectivity index (χ3n) is 3.59. The van der Waals surface area contributed by atoms with Crippen LogP contribution in [0.3, 0.4) is 0 Å². The average Bonchev–Trinajstić information content (AvgIpc) is 2.63. The summed E-state index contributed by atoms with van der Waals surface area (Å²) in [6, 6.07) is 5.56. The summed E-state index contributed by atoms with van der Waals surface area (Å²) in [6.45, 7) is 3.25. The molecule has 0 unspecified atom stereocenters. The highest BCUT2D eigenvalue weighted by molar-refractivity contribution is 6.03. The summed E-state index contributed by atoms with van der Waals surface area (Å²) in [5.74, 6) is -0.581. The molecule has 0 aliphatic carbocycles. The minimum absolute atomic E-state index is 0.0242. The molecule has 1 atom stereocenters. The maximum Gasteiger partial charge on any atom is 0.265 e. The van der Waals surface area contributed by atoms with E-state index in [1.807, 2.05) is 19.1 Å². The van der Waals surface area contributed by atoms with Gasteiger partial charge in [0.15, 0.2) is 5.78 Å². The highest BCUT2D eigenvalue weighted by Gasteiger charge is 2.27. The van der Waals surface area contributed by atoms with Crippen LogP contribution in [-0.4, -0.2) is 15.5 Å². The van der Waals surface area contributed by atoms with Gasteiger partial charge in [0.1, 0.15) is 11.3 Å². The molecule has 1 aromatic heterocycles. The molecule has 0 fully saturated rings. The number of aromatic nitrogens is 1. The second-order valence-corrected chi connectivity index (χ2v) is 4.82. The fourth-order valence-corrected chi connectivity index (χ4v) is 2.84. The van der Waals surface area contributed by atoms with Crippen LogP contribution in [0.4, 0.5) is 0 Å². The predicted octanol–water partition coefficient (Wildman–Crippen LogP) is 2.03. The fraction of sp³-hybridized carbons (Fsp3) is 0.286. The van der Waals surface area contributed by atoms with Crippen LogP contribution < -0.4 is 5.56 Å². The zero-order valence-electron chi connectivity index (χ0n) is 10.2. The number of Topliss-reactive ketones (excluding diaryl/α,β-unsaturated/α-hetero) is 1. The lowest BCUT2D eigenvalue weighted by atomic mass is 10.1. The van der Waals surface area contributed by atoms with Crippen LogP contribution in [0.1, 0.15) is 35.8 Å². The van der Waals surface area contributed by atoms with Crippen molar-refractivity contribution in [1.82, 2.24) is 4.57 Å². The number of carbonyl (C=O) groups is 1. The highest BCUT2D eigenvalue weighted by atomic mass is 16.3. The van der Waals surface area contributed by atoms with E-state index >= 15 is 0 Å². The Kier molecular flexibility index (Phi) is 2.11. The van der Waals surface area contributed by atoms with Gasteiger partial charge in [-0.3, -0.25) is 9.59 Å². The van der Waals surface area contributed by atoms with Crippen LogP contribution in [-0.2, 0) is 6.42 Å². The first-order chi connectivity index (χ1) is 8.52. The molecular formula is C14H13NO3. The van der Waals surface area contributed by atoms with E-state index in [4.69, 9.17) is 0 Å². The average molecular weight is 243 g/mol. The molecule has 0 saturated carbocycles. The van der Waals surface area contributed by atoms with Crippen LogP contribution in [0, 0.1) is 0 Å². The summed E-state index contributed by atoms with van der Waals surface area (Å²) >= 11 is 0. The SMILES string of the molecule is CC(=O)c1c(O)c2cccc3c2n(c1=O)[C@@H](C)C3. The zero-order chi connectivity index (χ0) is 13.0. The number of rotatable bonds is 1. The van der Waals surface area contributed by atoms with Gasteiger partial charge in [-0.25, -0.2) is 0 Å².